The van der Waals surface area contributed by atoms with Gasteiger partial charge in [-0.15, -0.1) is 0 Å². The molecule has 7 heteroatoms. The van der Waals surface area contributed by atoms with E-state index in [0.717, 1.165) is 25.3 Å². The van der Waals surface area contributed by atoms with E-state index in [9.17, 15) is 0 Å². The van der Waals surface area contributed by atoms with Crippen molar-refractivity contribution >= 4 is 8.80 Å². The minimum Gasteiger partial charge on any atom is -0.377 e. The number of nitrogens with zero attached hydrogens (tertiary/aromatic N) is 3. The molecule has 0 radical (unpaired) electrons. The van der Waals surface area contributed by atoms with Gasteiger partial charge in [0, 0.05) is 38.8 Å². The van der Waals surface area contributed by atoms with Gasteiger partial charge in [0.1, 0.15) is 0 Å². The van der Waals surface area contributed by atoms with E-state index in [4.69, 9.17) is 18.8 Å². The summed E-state index contributed by atoms with van der Waals surface area (Å²) in [6.45, 7) is 0.633. The molecule has 0 bridgehead atoms. The standard InChI is InChI=1S/C13H29N3O3Si/c1-17-20(18-2,19-3)13-11-9-7-5-4-6-8-10-12-15-16-14/h4-13H2,1-3H3. The van der Waals surface area contributed by atoms with Gasteiger partial charge in [-0.25, -0.2) is 0 Å². The Balaban J connectivity index is 3.38. The highest BCUT2D eigenvalue weighted by Gasteiger charge is 2.36. The second kappa shape index (κ2) is 13.4. The molecule has 0 aromatic rings. The maximum absolute atomic E-state index is 8.13. The fraction of sp³-hybridized carbons (Fsp3) is 1.00. The second-order valence-electron chi connectivity index (χ2n) is 4.83. The Hall–Kier alpha value is -0.593. The molecule has 0 unspecified atom stereocenters. The molecule has 0 saturated heterocycles. The maximum atomic E-state index is 8.13. The molecule has 0 aliphatic carbocycles. The first kappa shape index (κ1) is 19.4. The van der Waals surface area contributed by atoms with E-state index in [2.05, 4.69) is 10.0 Å². The van der Waals surface area contributed by atoms with E-state index >= 15 is 0 Å². The van der Waals surface area contributed by atoms with E-state index in [1.807, 2.05) is 0 Å². The van der Waals surface area contributed by atoms with Crippen molar-refractivity contribution in [2.75, 3.05) is 27.9 Å². The highest BCUT2D eigenvalue weighted by atomic mass is 28.4. The van der Waals surface area contributed by atoms with Crippen molar-refractivity contribution in [2.45, 2.75) is 57.4 Å². The molecular formula is C13H29N3O3Si. The van der Waals surface area contributed by atoms with Crippen molar-refractivity contribution in [1.82, 2.24) is 0 Å². The highest BCUT2D eigenvalue weighted by molar-refractivity contribution is 6.60. The Bertz CT molecular complexity index is 261. The topological polar surface area (TPSA) is 76.5 Å². The molecule has 0 saturated carbocycles. The summed E-state index contributed by atoms with van der Waals surface area (Å²) < 4.78 is 16.2. The van der Waals surface area contributed by atoms with Crippen LogP contribution in [-0.2, 0) is 13.3 Å². The molecule has 0 rings (SSSR count). The average molecular weight is 303 g/mol. The fourth-order valence-electron chi connectivity index (χ4n) is 2.19. The largest absolute Gasteiger partial charge is 0.500 e. The molecule has 0 heterocycles. The molecular weight excluding hydrogens is 274 g/mol. The molecule has 118 valence electrons. The number of hydrogen-bond acceptors (Lipinski definition) is 4. The van der Waals surface area contributed by atoms with Crippen molar-refractivity contribution in [3.05, 3.63) is 10.4 Å². The number of azide groups is 1. The number of unbranched alkanes of at least 4 members (excludes halogenated alkanes) is 7. The molecule has 0 aliphatic heterocycles. The molecule has 0 amide bonds. The highest BCUT2D eigenvalue weighted by Crippen LogP contribution is 2.18. The van der Waals surface area contributed by atoms with Gasteiger partial charge in [-0.3, -0.25) is 0 Å². The Morgan fingerprint density at radius 1 is 0.800 bits per heavy atom. The lowest BCUT2D eigenvalue weighted by Crippen LogP contribution is -2.42. The third-order valence-corrected chi connectivity index (χ3v) is 6.32. The Labute approximate surface area is 123 Å². The molecule has 0 atom stereocenters. The van der Waals surface area contributed by atoms with Gasteiger partial charge in [0.2, 0.25) is 0 Å². The van der Waals surface area contributed by atoms with Crippen LogP contribution in [0, 0.1) is 0 Å². The first-order chi connectivity index (χ1) is 9.74. The summed E-state index contributed by atoms with van der Waals surface area (Å²) in [5.74, 6) is 0. The van der Waals surface area contributed by atoms with Crippen molar-refractivity contribution < 1.29 is 13.3 Å². The van der Waals surface area contributed by atoms with Crippen molar-refractivity contribution in [2.24, 2.45) is 5.11 Å². The van der Waals surface area contributed by atoms with Gasteiger partial charge >= 0.3 is 8.80 Å². The molecule has 0 aromatic heterocycles. The van der Waals surface area contributed by atoms with E-state index in [0.29, 0.717) is 6.54 Å². The van der Waals surface area contributed by atoms with E-state index < -0.39 is 8.80 Å². The maximum Gasteiger partial charge on any atom is 0.500 e. The quantitative estimate of drug-likeness (QED) is 0.158. The van der Waals surface area contributed by atoms with Crippen LogP contribution in [-0.4, -0.2) is 36.7 Å². The van der Waals surface area contributed by atoms with Gasteiger partial charge in [0.25, 0.3) is 0 Å². The van der Waals surface area contributed by atoms with Crippen molar-refractivity contribution in [1.29, 1.82) is 0 Å². The van der Waals surface area contributed by atoms with Crippen LogP contribution in [0.25, 0.3) is 10.4 Å². The van der Waals surface area contributed by atoms with Crippen LogP contribution in [0.1, 0.15) is 51.4 Å². The molecule has 0 spiro atoms. The minimum absolute atomic E-state index is 0.633. The predicted molar refractivity (Wildman–Crippen MR) is 82.5 cm³/mol. The molecule has 0 fully saturated rings. The summed E-state index contributed by atoms with van der Waals surface area (Å²) in [6, 6.07) is 0.892. The van der Waals surface area contributed by atoms with Gasteiger partial charge in [-0.05, 0) is 18.4 Å². The van der Waals surface area contributed by atoms with Crippen LogP contribution in [0.15, 0.2) is 5.11 Å². The lowest BCUT2D eigenvalue weighted by Gasteiger charge is -2.24. The van der Waals surface area contributed by atoms with E-state index in [1.54, 1.807) is 21.3 Å². The first-order valence-corrected chi connectivity index (χ1v) is 9.34. The van der Waals surface area contributed by atoms with Gasteiger partial charge in [-0.1, -0.05) is 43.6 Å². The SMILES string of the molecule is CO[Si](CCCCCCCCCCN=[N+]=[N-])(OC)OC. The van der Waals surface area contributed by atoms with E-state index in [1.165, 1.54) is 32.1 Å². The molecule has 0 aromatic carbocycles. The molecule has 20 heavy (non-hydrogen) atoms. The summed E-state index contributed by atoms with van der Waals surface area (Å²) >= 11 is 0. The zero-order valence-electron chi connectivity index (χ0n) is 13.1. The molecule has 0 aliphatic rings. The Kier molecular flexibility index (Phi) is 13.0. The predicted octanol–water partition coefficient (Wildman–Crippen LogP) is 4.30. The van der Waals surface area contributed by atoms with Gasteiger partial charge < -0.3 is 13.3 Å². The average Bonchev–Trinajstić information content (AvgIpc) is 2.49. The Morgan fingerprint density at radius 3 is 1.70 bits per heavy atom. The summed E-state index contributed by atoms with van der Waals surface area (Å²) in [4.78, 5) is 2.74. The smallest absolute Gasteiger partial charge is 0.377 e. The second-order valence-corrected chi connectivity index (χ2v) is 7.92. The minimum atomic E-state index is -2.35. The molecule has 6 nitrogen and oxygen atoms in total. The fourth-order valence-corrected chi connectivity index (χ4v) is 3.98. The third kappa shape index (κ3) is 9.33. The number of rotatable bonds is 14. The van der Waals surface area contributed by atoms with E-state index in [-0.39, 0.29) is 0 Å². The lowest BCUT2D eigenvalue weighted by molar-refractivity contribution is 0.122. The van der Waals surface area contributed by atoms with Crippen LogP contribution in [0.5, 0.6) is 0 Å². The van der Waals surface area contributed by atoms with Gasteiger partial charge in [0.05, 0.1) is 0 Å². The zero-order valence-corrected chi connectivity index (χ0v) is 14.1. The Morgan fingerprint density at radius 2 is 1.25 bits per heavy atom. The summed E-state index contributed by atoms with van der Waals surface area (Å²) in [6.07, 6.45) is 9.47. The van der Waals surface area contributed by atoms with Crippen LogP contribution in [0.3, 0.4) is 0 Å². The first-order valence-electron chi connectivity index (χ1n) is 7.41. The number of hydrogen-bond donors (Lipinski definition) is 0. The lowest BCUT2D eigenvalue weighted by atomic mass is 10.1. The van der Waals surface area contributed by atoms with Crippen LogP contribution >= 0.6 is 0 Å². The monoisotopic (exact) mass is 303 g/mol. The summed E-state index contributed by atoms with van der Waals surface area (Å²) in [5, 5.41) is 3.53. The van der Waals surface area contributed by atoms with Crippen LogP contribution in [0.4, 0.5) is 0 Å². The van der Waals surface area contributed by atoms with Crippen molar-refractivity contribution in [3.8, 4) is 0 Å². The van der Waals surface area contributed by atoms with Gasteiger partial charge in [0.15, 0.2) is 0 Å². The normalized spacial score (nSPS) is 11.3. The molecule has 0 N–H and O–H groups in total. The zero-order chi connectivity index (χ0) is 15.1. The van der Waals surface area contributed by atoms with Crippen LogP contribution < -0.4 is 0 Å². The van der Waals surface area contributed by atoms with Gasteiger partial charge in [-0.2, -0.15) is 0 Å². The van der Waals surface area contributed by atoms with Crippen LogP contribution in [0.2, 0.25) is 6.04 Å². The summed E-state index contributed by atoms with van der Waals surface area (Å²) in [5.41, 5.74) is 8.13. The summed E-state index contributed by atoms with van der Waals surface area (Å²) in [7, 11) is 2.64. The van der Waals surface area contributed by atoms with Crippen molar-refractivity contribution in [3.63, 3.8) is 0 Å². The third-order valence-electron chi connectivity index (χ3n) is 3.49.